The molecule has 0 radical (unpaired) electrons. The molecule has 3 rings (SSSR count). The minimum Gasteiger partial charge on any atom is -0.256 e. The summed E-state index contributed by atoms with van der Waals surface area (Å²) in [6.07, 6.45) is 1.82. The van der Waals surface area contributed by atoms with Crippen molar-refractivity contribution in [2.45, 2.75) is 0 Å². The minimum absolute atomic E-state index is 0.606. The lowest BCUT2D eigenvalue weighted by Crippen LogP contribution is -1.86. The fourth-order valence-electron chi connectivity index (χ4n) is 2.03. The third-order valence-corrected chi connectivity index (χ3v) is 4.03. The van der Waals surface area contributed by atoms with Crippen LogP contribution in [0.2, 0.25) is 10.0 Å². The van der Waals surface area contributed by atoms with Crippen LogP contribution >= 0.6 is 39.1 Å². The van der Waals surface area contributed by atoms with E-state index in [9.17, 15) is 0 Å². The molecule has 0 saturated carbocycles. The van der Waals surface area contributed by atoms with Gasteiger partial charge in [0.05, 0.1) is 10.5 Å². The maximum absolute atomic E-state index is 6.28. The maximum Gasteiger partial charge on any atom is 0.0702 e. The number of para-hydroxylation sites is 1. The number of hydrogen-bond acceptors (Lipinski definition) is 1. The second kappa shape index (κ2) is 5.12. The molecule has 1 nitrogen and oxygen atoms in total. The van der Waals surface area contributed by atoms with Crippen molar-refractivity contribution in [2.24, 2.45) is 0 Å². The summed E-state index contributed by atoms with van der Waals surface area (Å²) in [6.45, 7) is 0. The van der Waals surface area contributed by atoms with Crippen LogP contribution in [0.4, 0.5) is 0 Å². The SMILES string of the molecule is Clc1cc(Cl)c(-c2cnc3ccccc3c2)c(Br)c1. The van der Waals surface area contributed by atoms with E-state index in [0.29, 0.717) is 10.0 Å². The van der Waals surface area contributed by atoms with Crippen LogP contribution in [-0.2, 0) is 0 Å². The molecule has 0 aliphatic carbocycles. The summed E-state index contributed by atoms with van der Waals surface area (Å²) in [4.78, 5) is 4.45. The lowest BCUT2D eigenvalue weighted by Gasteiger charge is -2.09. The van der Waals surface area contributed by atoms with Crippen LogP contribution in [0.3, 0.4) is 0 Å². The molecule has 0 aliphatic rings. The first kappa shape index (κ1) is 12.9. The third-order valence-electron chi connectivity index (χ3n) is 2.89. The van der Waals surface area contributed by atoms with Crippen molar-refractivity contribution in [3.63, 3.8) is 0 Å². The van der Waals surface area contributed by atoms with Gasteiger partial charge in [-0.05, 0) is 24.3 Å². The molecule has 0 unspecified atom stereocenters. The average molecular weight is 353 g/mol. The molecule has 0 bridgehead atoms. The van der Waals surface area contributed by atoms with Gasteiger partial charge in [-0.1, -0.05) is 57.3 Å². The first-order valence-electron chi connectivity index (χ1n) is 5.65. The van der Waals surface area contributed by atoms with E-state index in [1.54, 1.807) is 6.07 Å². The Kier molecular flexibility index (Phi) is 3.48. The van der Waals surface area contributed by atoms with Crippen LogP contribution in [0, 0.1) is 0 Å². The van der Waals surface area contributed by atoms with Crippen LogP contribution in [0.5, 0.6) is 0 Å². The predicted octanol–water partition coefficient (Wildman–Crippen LogP) is 5.97. The van der Waals surface area contributed by atoms with Gasteiger partial charge in [0.1, 0.15) is 0 Å². The number of hydrogen-bond donors (Lipinski definition) is 0. The molecular formula is C15H8BrCl2N. The number of rotatable bonds is 1. The van der Waals surface area contributed by atoms with E-state index >= 15 is 0 Å². The molecular weight excluding hydrogens is 345 g/mol. The molecule has 19 heavy (non-hydrogen) atoms. The van der Waals surface area contributed by atoms with E-state index in [0.717, 1.165) is 26.5 Å². The highest BCUT2D eigenvalue weighted by molar-refractivity contribution is 9.10. The number of halogens is 3. The quantitative estimate of drug-likeness (QED) is 0.525. The topological polar surface area (TPSA) is 12.9 Å². The van der Waals surface area contributed by atoms with Gasteiger partial charge < -0.3 is 0 Å². The Bertz CT molecular complexity index is 748. The average Bonchev–Trinajstić information content (AvgIpc) is 2.37. The van der Waals surface area contributed by atoms with Crippen molar-refractivity contribution in [1.29, 1.82) is 0 Å². The standard InChI is InChI=1S/C15H8BrCl2N/c16-12-6-11(17)7-13(18)15(12)10-5-9-3-1-2-4-14(9)19-8-10/h1-8H. The number of benzene rings is 2. The van der Waals surface area contributed by atoms with E-state index < -0.39 is 0 Å². The Morgan fingerprint density at radius 2 is 1.79 bits per heavy atom. The third kappa shape index (κ3) is 2.48. The van der Waals surface area contributed by atoms with Crippen molar-refractivity contribution >= 4 is 50.0 Å². The summed E-state index contributed by atoms with van der Waals surface area (Å²) in [6, 6.07) is 13.6. The molecule has 1 aromatic heterocycles. The van der Waals surface area contributed by atoms with Gasteiger partial charge in [0, 0.05) is 32.2 Å². The van der Waals surface area contributed by atoms with E-state index in [1.165, 1.54) is 0 Å². The lowest BCUT2D eigenvalue weighted by atomic mass is 10.1. The van der Waals surface area contributed by atoms with Gasteiger partial charge in [0.2, 0.25) is 0 Å². The molecule has 1 heterocycles. The van der Waals surface area contributed by atoms with Gasteiger partial charge in [-0.25, -0.2) is 0 Å². The summed E-state index contributed by atoms with van der Waals surface area (Å²) < 4.78 is 0.863. The largest absolute Gasteiger partial charge is 0.256 e. The van der Waals surface area contributed by atoms with Crippen LogP contribution in [0.25, 0.3) is 22.0 Å². The van der Waals surface area contributed by atoms with Gasteiger partial charge in [0.25, 0.3) is 0 Å². The van der Waals surface area contributed by atoms with Gasteiger partial charge in [-0.15, -0.1) is 0 Å². The predicted molar refractivity (Wildman–Crippen MR) is 84.9 cm³/mol. The first-order chi connectivity index (χ1) is 9.15. The van der Waals surface area contributed by atoms with E-state index in [2.05, 4.69) is 27.0 Å². The smallest absolute Gasteiger partial charge is 0.0702 e. The van der Waals surface area contributed by atoms with Crippen LogP contribution in [-0.4, -0.2) is 4.98 Å². The highest BCUT2D eigenvalue weighted by atomic mass is 79.9. The number of nitrogens with zero attached hydrogens (tertiary/aromatic N) is 1. The fraction of sp³-hybridized carbons (Fsp3) is 0. The lowest BCUT2D eigenvalue weighted by molar-refractivity contribution is 1.40. The van der Waals surface area contributed by atoms with Crippen molar-refractivity contribution < 1.29 is 0 Å². The molecule has 0 aliphatic heterocycles. The first-order valence-corrected chi connectivity index (χ1v) is 7.20. The summed E-state index contributed by atoms with van der Waals surface area (Å²) in [5.41, 5.74) is 2.84. The Hall–Kier alpha value is -1.09. The molecule has 0 N–H and O–H groups in total. The summed E-state index contributed by atoms with van der Waals surface area (Å²) in [7, 11) is 0. The summed E-state index contributed by atoms with van der Waals surface area (Å²) in [5, 5.41) is 2.30. The zero-order valence-electron chi connectivity index (χ0n) is 9.70. The minimum atomic E-state index is 0.606. The van der Waals surface area contributed by atoms with E-state index in [1.807, 2.05) is 36.5 Å². The second-order valence-electron chi connectivity index (χ2n) is 4.16. The molecule has 94 valence electrons. The highest BCUT2D eigenvalue weighted by Crippen LogP contribution is 2.37. The van der Waals surface area contributed by atoms with E-state index in [4.69, 9.17) is 23.2 Å². The zero-order valence-corrected chi connectivity index (χ0v) is 12.8. The molecule has 0 saturated heterocycles. The van der Waals surface area contributed by atoms with Crippen molar-refractivity contribution in [1.82, 2.24) is 4.98 Å². The number of pyridine rings is 1. The molecule has 0 atom stereocenters. The Balaban J connectivity index is 2.25. The molecule has 2 aromatic carbocycles. The Morgan fingerprint density at radius 3 is 2.58 bits per heavy atom. The van der Waals surface area contributed by atoms with Gasteiger partial charge in [-0.3, -0.25) is 4.98 Å². The molecule has 3 aromatic rings. The fourth-order valence-corrected chi connectivity index (χ4v) is 3.56. The summed E-state index contributed by atoms with van der Waals surface area (Å²) >= 11 is 15.8. The second-order valence-corrected chi connectivity index (χ2v) is 5.86. The van der Waals surface area contributed by atoms with Crippen LogP contribution in [0.15, 0.2) is 53.1 Å². The molecule has 0 spiro atoms. The van der Waals surface area contributed by atoms with Crippen LogP contribution < -0.4 is 0 Å². The number of fused-ring (bicyclic) bond motifs is 1. The molecule has 0 fully saturated rings. The van der Waals surface area contributed by atoms with Crippen molar-refractivity contribution in [3.05, 3.63) is 63.2 Å². The number of aromatic nitrogens is 1. The van der Waals surface area contributed by atoms with Gasteiger partial charge in [-0.2, -0.15) is 0 Å². The highest BCUT2D eigenvalue weighted by Gasteiger charge is 2.10. The monoisotopic (exact) mass is 351 g/mol. The zero-order chi connectivity index (χ0) is 13.4. The normalized spacial score (nSPS) is 10.9. The van der Waals surface area contributed by atoms with Gasteiger partial charge >= 0.3 is 0 Å². The van der Waals surface area contributed by atoms with Crippen molar-refractivity contribution in [3.8, 4) is 11.1 Å². The van der Waals surface area contributed by atoms with Crippen LogP contribution in [0.1, 0.15) is 0 Å². The Morgan fingerprint density at radius 1 is 1.00 bits per heavy atom. The maximum atomic E-state index is 6.28. The van der Waals surface area contributed by atoms with Crippen molar-refractivity contribution in [2.75, 3.05) is 0 Å². The molecule has 0 amide bonds. The summed E-state index contributed by atoms with van der Waals surface area (Å²) in [5.74, 6) is 0. The molecule has 4 heteroatoms. The van der Waals surface area contributed by atoms with Gasteiger partial charge in [0.15, 0.2) is 0 Å². The Labute approximate surface area is 129 Å². The van der Waals surface area contributed by atoms with E-state index in [-0.39, 0.29) is 0 Å².